The van der Waals surface area contributed by atoms with Crippen LogP contribution >= 0.6 is 0 Å². The van der Waals surface area contributed by atoms with Gasteiger partial charge >= 0.3 is 0 Å². The van der Waals surface area contributed by atoms with E-state index in [-0.39, 0.29) is 18.2 Å². The molecule has 0 radical (unpaired) electrons. The molecule has 1 aromatic heterocycles. The van der Waals surface area contributed by atoms with Crippen molar-refractivity contribution in [2.24, 2.45) is 0 Å². The quantitative estimate of drug-likeness (QED) is 0.671. The average molecular weight is 387 g/mol. The fourth-order valence-electron chi connectivity index (χ4n) is 2.86. The van der Waals surface area contributed by atoms with E-state index < -0.39 is 0 Å². The largest absolute Gasteiger partial charge is 0.496 e. The smallest absolute Gasteiger partial charge is 0.237 e. The number of carbonyl (C=O) groups is 1. The summed E-state index contributed by atoms with van der Waals surface area (Å²) < 4.78 is 11.0. The second-order valence-electron chi connectivity index (χ2n) is 6.58. The Kier molecular flexibility index (Phi) is 6.10. The van der Waals surface area contributed by atoms with Crippen LogP contribution in [0, 0.1) is 25.2 Å². The molecule has 6 nitrogen and oxygen atoms in total. The molecule has 3 aromatic rings. The van der Waals surface area contributed by atoms with Crippen molar-refractivity contribution >= 4 is 11.6 Å². The van der Waals surface area contributed by atoms with E-state index in [0.717, 1.165) is 22.4 Å². The number of anilines is 1. The molecular weight excluding hydrogens is 366 g/mol. The molecule has 0 aliphatic carbocycles. The van der Waals surface area contributed by atoms with Crippen LogP contribution in [0.2, 0.25) is 0 Å². The fraction of sp³-hybridized carbons (Fsp3) is 0.174. The summed E-state index contributed by atoms with van der Waals surface area (Å²) in [6.45, 7) is 3.83. The van der Waals surface area contributed by atoms with Gasteiger partial charge in [0.1, 0.15) is 23.1 Å². The summed E-state index contributed by atoms with van der Waals surface area (Å²) in [7, 11) is 1.61. The Morgan fingerprint density at radius 1 is 1.14 bits per heavy atom. The van der Waals surface area contributed by atoms with E-state index in [4.69, 9.17) is 14.7 Å². The minimum atomic E-state index is -0.121. The van der Waals surface area contributed by atoms with Crippen molar-refractivity contribution in [3.8, 4) is 23.4 Å². The number of carbonyl (C=O) groups excluding carboxylic acids is 1. The molecule has 146 valence electrons. The van der Waals surface area contributed by atoms with Crippen molar-refractivity contribution in [2.45, 2.75) is 20.3 Å². The molecule has 29 heavy (non-hydrogen) atoms. The first-order chi connectivity index (χ1) is 14.0. The molecule has 0 unspecified atom stereocenters. The van der Waals surface area contributed by atoms with Gasteiger partial charge in [0.15, 0.2) is 0 Å². The van der Waals surface area contributed by atoms with Crippen molar-refractivity contribution in [2.75, 3.05) is 12.4 Å². The number of nitrogens with zero attached hydrogens (tertiary/aromatic N) is 2. The summed E-state index contributed by atoms with van der Waals surface area (Å²) in [5, 5.41) is 12.1. The fourth-order valence-corrected chi connectivity index (χ4v) is 2.86. The SMILES string of the molecule is COc1cc(CC(=O)Nc2ccc(Oc3ncccc3C#N)cc2C)ccc1C. The lowest BCUT2D eigenvalue weighted by Crippen LogP contribution is -2.15. The average Bonchev–Trinajstić information content (AvgIpc) is 2.72. The zero-order valence-corrected chi connectivity index (χ0v) is 16.5. The Labute approximate surface area is 169 Å². The minimum Gasteiger partial charge on any atom is -0.496 e. The van der Waals surface area contributed by atoms with Crippen LogP contribution in [-0.2, 0) is 11.2 Å². The number of pyridine rings is 1. The van der Waals surface area contributed by atoms with Gasteiger partial charge in [-0.3, -0.25) is 4.79 Å². The Morgan fingerprint density at radius 3 is 2.69 bits per heavy atom. The molecule has 0 saturated carbocycles. The number of hydrogen-bond acceptors (Lipinski definition) is 5. The first-order valence-corrected chi connectivity index (χ1v) is 9.07. The van der Waals surface area contributed by atoms with E-state index in [1.807, 2.05) is 38.1 Å². The van der Waals surface area contributed by atoms with Gasteiger partial charge in [0, 0.05) is 11.9 Å². The molecule has 0 bridgehead atoms. The van der Waals surface area contributed by atoms with Gasteiger partial charge in [0.05, 0.1) is 13.5 Å². The number of nitrogens with one attached hydrogen (secondary N) is 1. The van der Waals surface area contributed by atoms with Crippen molar-refractivity contribution < 1.29 is 14.3 Å². The van der Waals surface area contributed by atoms with Crippen molar-refractivity contribution in [1.29, 1.82) is 5.26 Å². The summed E-state index contributed by atoms with van der Waals surface area (Å²) in [4.78, 5) is 16.5. The normalized spacial score (nSPS) is 10.1. The van der Waals surface area contributed by atoms with Gasteiger partial charge in [-0.25, -0.2) is 4.98 Å². The van der Waals surface area contributed by atoms with Crippen molar-refractivity contribution in [1.82, 2.24) is 4.98 Å². The van der Waals surface area contributed by atoms with E-state index >= 15 is 0 Å². The second kappa shape index (κ2) is 8.89. The van der Waals surface area contributed by atoms with Crippen LogP contribution in [0.5, 0.6) is 17.4 Å². The van der Waals surface area contributed by atoms with E-state index in [0.29, 0.717) is 17.0 Å². The predicted octanol–water partition coefficient (Wildman–Crippen LogP) is 4.55. The Balaban J connectivity index is 1.69. The highest BCUT2D eigenvalue weighted by Crippen LogP contribution is 2.27. The maximum atomic E-state index is 12.4. The maximum Gasteiger partial charge on any atom is 0.237 e. The lowest BCUT2D eigenvalue weighted by atomic mass is 10.1. The zero-order valence-electron chi connectivity index (χ0n) is 16.5. The first-order valence-electron chi connectivity index (χ1n) is 9.07. The molecule has 0 saturated heterocycles. The van der Waals surface area contributed by atoms with Crippen LogP contribution < -0.4 is 14.8 Å². The number of hydrogen-bond donors (Lipinski definition) is 1. The van der Waals surface area contributed by atoms with Crippen molar-refractivity contribution in [3.05, 3.63) is 77.0 Å². The summed E-state index contributed by atoms with van der Waals surface area (Å²) >= 11 is 0. The van der Waals surface area contributed by atoms with Crippen LogP contribution in [0.25, 0.3) is 0 Å². The highest BCUT2D eigenvalue weighted by molar-refractivity contribution is 5.93. The molecule has 0 fully saturated rings. The number of methoxy groups -OCH3 is 1. The van der Waals surface area contributed by atoms with E-state index in [9.17, 15) is 4.79 Å². The number of aromatic nitrogens is 1. The molecule has 1 N–H and O–H groups in total. The second-order valence-corrected chi connectivity index (χ2v) is 6.58. The van der Waals surface area contributed by atoms with Gasteiger partial charge in [-0.05, 0) is 66.9 Å². The summed E-state index contributed by atoms with van der Waals surface area (Å²) in [5.41, 5.74) is 3.79. The van der Waals surface area contributed by atoms with Gasteiger partial charge in [0.25, 0.3) is 0 Å². The summed E-state index contributed by atoms with van der Waals surface area (Å²) in [6, 6.07) is 16.4. The molecule has 6 heteroatoms. The Morgan fingerprint density at radius 2 is 1.97 bits per heavy atom. The monoisotopic (exact) mass is 387 g/mol. The molecule has 0 spiro atoms. The Hall–Kier alpha value is -3.85. The molecular formula is C23H21N3O3. The lowest BCUT2D eigenvalue weighted by molar-refractivity contribution is -0.115. The molecule has 1 amide bonds. The third-order valence-corrected chi connectivity index (χ3v) is 4.42. The third-order valence-electron chi connectivity index (χ3n) is 4.42. The third kappa shape index (κ3) is 4.90. The number of aryl methyl sites for hydroxylation is 2. The van der Waals surface area contributed by atoms with Crippen LogP contribution in [0.3, 0.4) is 0 Å². The topological polar surface area (TPSA) is 84.2 Å². The molecule has 0 aliphatic heterocycles. The number of amides is 1. The van der Waals surface area contributed by atoms with E-state index in [2.05, 4.69) is 10.3 Å². The number of benzene rings is 2. The maximum absolute atomic E-state index is 12.4. The van der Waals surface area contributed by atoms with E-state index in [1.165, 1.54) is 0 Å². The molecule has 0 atom stereocenters. The molecule has 0 aliphatic rings. The first kappa shape index (κ1) is 19.9. The van der Waals surface area contributed by atoms with Gasteiger partial charge in [-0.2, -0.15) is 5.26 Å². The summed E-state index contributed by atoms with van der Waals surface area (Å²) in [6.07, 6.45) is 1.81. The van der Waals surface area contributed by atoms with Gasteiger partial charge in [-0.15, -0.1) is 0 Å². The highest BCUT2D eigenvalue weighted by atomic mass is 16.5. The zero-order chi connectivity index (χ0) is 20.8. The van der Waals surface area contributed by atoms with Crippen molar-refractivity contribution in [3.63, 3.8) is 0 Å². The van der Waals surface area contributed by atoms with Gasteiger partial charge in [-0.1, -0.05) is 12.1 Å². The van der Waals surface area contributed by atoms with Crippen LogP contribution in [-0.4, -0.2) is 18.0 Å². The predicted molar refractivity (Wildman–Crippen MR) is 110 cm³/mol. The molecule has 2 aromatic carbocycles. The minimum absolute atomic E-state index is 0.121. The van der Waals surface area contributed by atoms with Crippen LogP contribution in [0.1, 0.15) is 22.3 Å². The number of ether oxygens (including phenoxy) is 2. The van der Waals surface area contributed by atoms with Gasteiger partial charge in [0.2, 0.25) is 11.8 Å². The molecule has 1 heterocycles. The standard InChI is InChI=1S/C23H21N3O3/c1-15-6-7-17(12-21(15)28-3)13-22(27)26-20-9-8-19(11-16(20)2)29-23-18(14-24)5-4-10-25-23/h4-12H,13H2,1-3H3,(H,26,27). The van der Waals surface area contributed by atoms with Crippen LogP contribution in [0.4, 0.5) is 5.69 Å². The number of nitriles is 1. The molecule has 3 rings (SSSR count). The van der Waals surface area contributed by atoms with Gasteiger partial charge < -0.3 is 14.8 Å². The summed E-state index contributed by atoms with van der Waals surface area (Å²) in [5.74, 6) is 1.43. The number of rotatable bonds is 6. The Bertz CT molecular complexity index is 1090. The van der Waals surface area contributed by atoms with E-state index in [1.54, 1.807) is 43.6 Å². The van der Waals surface area contributed by atoms with Crippen LogP contribution in [0.15, 0.2) is 54.7 Å². The lowest BCUT2D eigenvalue weighted by Gasteiger charge is -2.12. The highest BCUT2D eigenvalue weighted by Gasteiger charge is 2.10.